The highest BCUT2D eigenvalue weighted by Gasteiger charge is 2.06. The molecule has 0 aliphatic heterocycles. The smallest absolute Gasteiger partial charge is 0.269 e. The Kier molecular flexibility index (Phi) is 3.23. The van der Waals surface area contributed by atoms with E-state index >= 15 is 0 Å². The maximum atomic E-state index is 10.5. The van der Waals surface area contributed by atoms with Crippen LogP contribution in [0.2, 0.25) is 0 Å². The Morgan fingerprint density at radius 1 is 1.11 bits per heavy atom. The second-order valence-electron chi connectivity index (χ2n) is 3.89. The first-order valence-corrected chi connectivity index (χ1v) is 5.43. The number of aromatic nitrogens is 1. The first-order chi connectivity index (χ1) is 8.56. The van der Waals surface area contributed by atoms with Gasteiger partial charge in [0, 0.05) is 17.8 Å². The molecule has 1 aromatic carbocycles. The van der Waals surface area contributed by atoms with E-state index in [9.17, 15) is 10.1 Å². The molecule has 0 saturated heterocycles. The van der Waals surface area contributed by atoms with Gasteiger partial charge in [0.15, 0.2) is 0 Å². The Labute approximate surface area is 104 Å². The first kappa shape index (κ1) is 12.0. The molecule has 0 fully saturated rings. The predicted octanol–water partition coefficient (Wildman–Crippen LogP) is 3.40. The van der Waals surface area contributed by atoms with Gasteiger partial charge in [-0.15, -0.1) is 0 Å². The van der Waals surface area contributed by atoms with Gasteiger partial charge in [-0.3, -0.25) is 15.1 Å². The lowest BCUT2D eigenvalue weighted by molar-refractivity contribution is -0.384. The third-order valence-corrected chi connectivity index (χ3v) is 2.45. The second-order valence-corrected chi connectivity index (χ2v) is 3.89. The van der Waals surface area contributed by atoms with Crippen LogP contribution in [0.3, 0.4) is 0 Å². The molecule has 2 rings (SSSR count). The number of nitrogens with zero attached hydrogens (tertiary/aromatic N) is 2. The molecule has 1 aromatic heterocycles. The molecule has 2 aromatic rings. The van der Waals surface area contributed by atoms with Crippen LogP contribution in [0.4, 0.5) is 5.69 Å². The van der Waals surface area contributed by atoms with E-state index < -0.39 is 4.92 Å². The average Bonchev–Trinajstić information content (AvgIpc) is 2.33. The number of pyridine rings is 1. The predicted molar refractivity (Wildman–Crippen MR) is 66.9 cm³/mol. The summed E-state index contributed by atoms with van der Waals surface area (Å²) >= 11 is 0. The van der Waals surface area contributed by atoms with Gasteiger partial charge in [-0.1, -0.05) is 0 Å². The summed E-state index contributed by atoms with van der Waals surface area (Å²) < 4.78 is 5.61. The number of hydrogen-bond donors (Lipinski definition) is 0. The minimum atomic E-state index is -0.442. The first-order valence-electron chi connectivity index (χ1n) is 5.43. The van der Waals surface area contributed by atoms with Crippen molar-refractivity contribution in [3.8, 4) is 11.5 Å². The van der Waals surface area contributed by atoms with Crippen LogP contribution >= 0.6 is 0 Å². The van der Waals surface area contributed by atoms with Crippen LogP contribution in [0.25, 0.3) is 0 Å². The molecule has 92 valence electrons. The second kappa shape index (κ2) is 4.83. The van der Waals surface area contributed by atoms with Crippen LogP contribution in [-0.2, 0) is 0 Å². The number of nitro groups is 1. The molecule has 0 radical (unpaired) electrons. The van der Waals surface area contributed by atoms with E-state index in [0.29, 0.717) is 11.5 Å². The van der Waals surface area contributed by atoms with Gasteiger partial charge in [-0.2, -0.15) is 0 Å². The molecule has 0 spiro atoms. The zero-order valence-electron chi connectivity index (χ0n) is 10.1. The summed E-state index contributed by atoms with van der Waals surface area (Å²) in [4.78, 5) is 14.4. The standard InChI is InChI=1S/C13H12N2O3/c1-9-3-8-13(10(2)14-9)18-12-6-4-11(5-7-12)15(16)17/h3-8H,1-2H3. The lowest BCUT2D eigenvalue weighted by Gasteiger charge is -2.08. The van der Waals surface area contributed by atoms with Crippen LogP contribution in [0.5, 0.6) is 11.5 Å². The van der Waals surface area contributed by atoms with Gasteiger partial charge in [0.05, 0.1) is 10.6 Å². The molecular weight excluding hydrogens is 232 g/mol. The number of hydrogen-bond acceptors (Lipinski definition) is 4. The zero-order valence-corrected chi connectivity index (χ0v) is 10.1. The minimum Gasteiger partial charge on any atom is -0.455 e. The topological polar surface area (TPSA) is 65.3 Å². The summed E-state index contributed by atoms with van der Waals surface area (Å²) in [6, 6.07) is 9.64. The van der Waals surface area contributed by atoms with Crippen LogP contribution in [-0.4, -0.2) is 9.91 Å². The van der Waals surface area contributed by atoms with Gasteiger partial charge >= 0.3 is 0 Å². The van der Waals surface area contributed by atoms with Crippen molar-refractivity contribution in [3.05, 3.63) is 57.9 Å². The molecule has 0 bridgehead atoms. The van der Waals surface area contributed by atoms with E-state index in [-0.39, 0.29) is 5.69 Å². The van der Waals surface area contributed by atoms with Crippen molar-refractivity contribution in [3.63, 3.8) is 0 Å². The Balaban J connectivity index is 2.21. The molecule has 0 amide bonds. The third kappa shape index (κ3) is 2.63. The van der Waals surface area contributed by atoms with E-state index in [1.165, 1.54) is 12.1 Å². The van der Waals surface area contributed by atoms with E-state index in [1.54, 1.807) is 12.1 Å². The van der Waals surface area contributed by atoms with Gasteiger partial charge in [-0.25, -0.2) is 0 Å². The highest BCUT2D eigenvalue weighted by Crippen LogP contribution is 2.25. The molecule has 0 aliphatic carbocycles. The van der Waals surface area contributed by atoms with Crippen molar-refractivity contribution in [2.24, 2.45) is 0 Å². The Morgan fingerprint density at radius 3 is 2.33 bits per heavy atom. The largest absolute Gasteiger partial charge is 0.455 e. The van der Waals surface area contributed by atoms with E-state index in [1.807, 2.05) is 26.0 Å². The molecule has 5 nitrogen and oxygen atoms in total. The summed E-state index contributed by atoms with van der Waals surface area (Å²) in [6.45, 7) is 3.76. The normalized spacial score (nSPS) is 10.1. The molecule has 0 saturated carbocycles. The third-order valence-electron chi connectivity index (χ3n) is 2.45. The van der Waals surface area contributed by atoms with Crippen LogP contribution in [0, 0.1) is 24.0 Å². The number of aryl methyl sites for hydroxylation is 2. The highest BCUT2D eigenvalue weighted by atomic mass is 16.6. The maximum absolute atomic E-state index is 10.5. The van der Waals surface area contributed by atoms with Gasteiger partial charge in [-0.05, 0) is 38.1 Å². The van der Waals surface area contributed by atoms with Crippen molar-refractivity contribution in [1.82, 2.24) is 4.98 Å². The fraction of sp³-hybridized carbons (Fsp3) is 0.154. The summed E-state index contributed by atoms with van der Waals surface area (Å²) in [7, 11) is 0. The summed E-state index contributed by atoms with van der Waals surface area (Å²) in [5.41, 5.74) is 1.75. The van der Waals surface area contributed by atoms with Crippen molar-refractivity contribution < 1.29 is 9.66 Å². The van der Waals surface area contributed by atoms with Crippen molar-refractivity contribution in [1.29, 1.82) is 0 Å². The minimum absolute atomic E-state index is 0.0427. The van der Waals surface area contributed by atoms with Gasteiger partial charge in [0.1, 0.15) is 11.5 Å². The Bertz CT molecular complexity index is 579. The molecule has 1 heterocycles. The van der Waals surface area contributed by atoms with Gasteiger partial charge in [0.25, 0.3) is 5.69 Å². The number of benzene rings is 1. The molecule has 18 heavy (non-hydrogen) atoms. The Morgan fingerprint density at radius 2 is 1.78 bits per heavy atom. The number of non-ortho nitro benzene ring substituents is 1. The maximum Gasteiger partial charge on any atom is 0.269 e. The number of nitro benzene ring substituents is 1. The molecule has 0 aliphatic rings. The lowest BCUT2D eigenvalue weighted by Crippen LogP contribution is -1.92. The highest BCUT2D eigenvalue weighted by molar-refractivity contribution is 5.39. The molecule has 0 unspecified atom stereocenters. The molecule has 0 atom stereocenters. The van der Waals surface area contributed by atoms with E-state index in [2.05, 4.69) is 4.98 Å². The van der Waals surface area contributed by atoms with Crippen molar-refractivity contribution in [2.45, 2.75) is 13.8 Å². The number of rotatable bonds is 3. The average molecular weight is 244 g/mol. The Hall–Kier alpha value is -2.43. The lowest BCUT2D eigenvalue weighted by atomic mass is 10.3. The summed E-state index contributed by atoms with van der Waals surface area (Å²) in [6.07, 6.45) is 0. The van der Waals surface area contributed by atoms with Gasteiger partial charge < -0.3 is 4.74 Å². The van der Waals surface area contributed by atoms with Crippen molar-refractivity contribution in [2.75, 3.05) is 0 Å². The van der Waals surface area contributed by atoms with Crippen LogP contribution < -0.4 is 4.74 Å². The summed E-state index contributed by atoms with van der Waals surface area (Å²) in [5.74, 6) is 1.20. The van der Waals surface area contributed by atoms with Crippen LogP contribution in [0.1, 0.15) is 11.4 Å². The molecular formula is C13H12N2O3. The zero-order chi connectivity index (χ0) is 13.1. The van der Waals surface area contributed by atoms with Gasteiger partial charge in [0.2, 0.25) is 0 Å². The summed E-state index contributed by atoms with van der Waals surface area (Å²) in [5, 5.41) is 10.5. The molecule has 0 N–H and O–H groups in total. The van der Waals surface area contributed by atoms with Crippen molar-refractivity contribution >= 4 is 5.69 Å². The fourth-order valence-corrected chi connectivity index (χ4v) is 1.54. The van der Waals surface area contributed by atoms with Crippen LogP contribution in [0.15, 0.2) is 36.4 Å². The fourth-order valence-electron chi connectivity index (χ4n) is 1.54. The van der Waals surface area contributed by atoms with E-state index in [0.717, 1.165) is 11.4 Å². The molecule has 5 heteroatoms. The SMILES string of the molecule is Cc1ccc(Oc2ccc([N+](=O)[O-])cc2)c(C)n1. The quantitative estimate of drug-likeness (QED) is 0.613. The van der Waals surface area contributed by atoms with E-state index in [4.69, 9.17) is 4.74 Å². The number of ether oxygens (including phenoxy) is 1. The monoisotopic (exact) mass is 244 g/mol.